The van der Waals surface area contributed by atoms with Crippen LogP contribution in [0.2, 0.25) is 0 Å². The van der Waals surface area contributed by atoms with Crippen molar-refractivity contribution in [3.63, 3.8) is 0 Å². The molecule has 0 bridgehead atoms. The zero-order valence-electron chi connectivity index (χ0n) is 13.1. The van der Waals surface area contributed by atoms with E-state index in [-0.39, 0.29) is 0 Å². The van der Waals surface area contributed by atoms with Crippen molar-refractivity contribution < 1.29 is 8.42 Å². The van der Waals surface area contributed by atoms with E-state index in [0.29, 0.717) is 11.4 Å². The minimum Gasteiger partial charge on any atom is -0.302 e. The fourth-order valence-corrected chi connectivity index (χ4v) is 4.25. The number of aryl methyl sites for hydroxylation is 1. The number of nitrogens with zero attached hydrogens (tertiary/aromatic N) is 2. The first-order valence-corrected chi connectivity index (χ1v) is 9.26. The Bertz CT molecular complexity index is 551. The Morgan fingerprint density at radius 2 is 1.81 bits per heavy atom. The van der Waals surface area contributed by atoms with Gasteiger partial charge in [0, 0.05) is 20.1 Å². The van der Waals surface area contributed by atoms with Crippen LogP contribution in [0.15, 0.2) is 29.2 Å². The van der Waals surface area contributed by atoms with E-state index >= 15 is 0 Å². The topological polar surface area (TPSA) is 40.6 Å². The average Bonchev–Trinajstić information content (AvgIpc) is 2.53. The summed E-state index contributed by atoms with van der Waals surface area (Å²) in [6, 6.07) is 7.30. The van der Waals surface area contributed by atoms with E-state index in [2.05, 4.69) is 4.90 Å². The number of hydrogen-bond donors (Lipinski definition) is 0. The molecule has 0 aromatic heterocycles. The number of hydrogen-bond acceptors (Lipinski definition) is 3. The van der Waals surface area contributed by atoms with Crippen LogP contribution in [0.4, 0.5) is 0 Å². The number of benzene rings is 1. The molecule has 4 nitrogen and oxygen atoms in total. The first-order valence-electron chi connectivity index (χ1n) is 7.82. The highest BCUT2D eigenvalue weighted by atomic mass is 32.2. The van der Waals surface area contributed by atoms with Gasteiger partial charge < -0.3 is 4.90 Å². The zero-order valence-corrected chi connectivity index (χ0v) is 13.9. The van der Waals surface area contributed by atoms with Crippen LogP contribution in [0.1, 0.15) is 31.7 Å². The molecule has 1 heterocycles. The Hall–Kier alpha value is -0.910. The Morgan fingerprint density at radius 3 is 2.48 bits per heavy atom. The summed E-state index contributed by atoms with van der Waals surface area (Å²) in [6.45, 7) is 5.56. The lowest BCUT2D eigenvalue weighted by Gasteiger charge is -2.28. The molecule has 1 aromatic carbocycles. The summed E-state index contributed by atoms with van der Waals surface area (Å²) in [5, 5.41) is 0. The van der Waals surface area contributed by atoms with Crippen LogP contribution in [0, 0.1) is 0 Å². The Morgan fingerprint density at radius 1 is 1.14 bits per heavy atom. The third-order valence-corrected chi connectivity index (χ3v) is 6.18. The van der Waals surface area contributed by atoms with Crippen LogP contribution >= 0.6 is 0 Å². The molecule has 1 fully saturated rings. The second-order valence-corrected chi connectivity index (χ2v) is 7.70. The van der Waals surface area contributed by atoms with Crippen molar-refractivity contribution in [3.8, 4) is 0 Å². The maximum absolute atomic E-state index is 12.7. The molecule has 1 saturated heterocycles. The first kappa shape index (κ1) is 16.5. The normalized spacial score (nSPS) is 17.3. The summed E-state index contributed by atoms with van der Waals surface area (Å²) in [5.74, 6) is 0. The van der Waals surface area contributed by atoms with Gasteiger partial charge in [-0.3, -0.25) is 0 Å². The molecule has 0 saturated carbocycles. The number of rotatable bonds is 6. The summed E-state index contributed by atoms with van der Waals surface area (Å²) in [5.41, 5.74) is 0.891. The number of piperidine rings is 1. The highest BCUT2D eigenvalue weighted by molar-refractivity contribution is 7.89. The maximum atomic E-state index is 12.7. The van der Waals surface area contributed by atoms with Crippen LogP contribution < -0.4 is 0 Å². The first-order chi connectivity index (χ1) is 10.1. The molecule has 0 N–H and O–H groups in total. The van der Waals surface area contributed by atoms with E-state index in [4.69, 9.17) is 0 Å². The summed E-state index contributed by atoms with van der Waals surface area (Å²) in [4.78, 5) is 2.81. The van der Waals surface area contributed by atoms with Crippen LogP contribution in [0.5, 0.6) is 0 Å². The molecule has 0 atom stereocenters. The predicted octanol–water partition coefficient (Wildman–Crippen LogP) is 2.36. The van der Waals surface area contributed by atoms with E-state index in [1.165, 1.54) is 23.6 Å². The second-order valence-electron chi connectivity index (χ2n) is 5.69. The van der Waals surface area contributed by atoms with E-state index < -0.39 is 10.0 Å². The van der Waals surface area contributed by atoms with Crippen molar-refractivity contribution in [2.45, 2.75) is 37.5 Å². The molecule has 5 heteroatoms. The highest BCUT2D eigenvalue weighted by Gasteiger charge is 2.23. The van der Waals surface area contributed by atoms with Gasteiger partial charge in [-0.1, -0.05) is 31.5 Å². The van der Waals surface area contributed by atoms with E-state index in [1.54, 1.807) is 19.2 Å². The van der Waals surface area contributed by atoms with Crippen LogP contribution in [0.25, 0.3) is 0 Å². The van der Waals surface area contributed by atoms with Gasteiger partial charge in [0.05, 0.1) is 4.90 Å². The molecule has 0 radical (unpaired) electrons. The van der Waals surface area contributed by atoms with Crippen molar-refractivity contribution in [2.24, 2.45) is 0 Å². The second kappa shape index (κ2) is 7.38. The van der Waals surface area contributed by atoms with Crippen molar-refractivity contribution in [1.82, 2.24) is 9.21 Å². The Balaban J connectivity index is 2.04. The van der Waals surface area contributed by atoms with Gasteiger partial charge in [-0.15, -0.1) is 0 Å². The lowest BCUT2D eigenvalue weighted by Crippen LogP contribution is -2.38. The van der Waals surface area contributed by atoms with Crippen LogP contribution in [-0.2, 0) is 16.4 Å². The minimum absolute atomic E-state index is 0.452. The lowest BCUT2D eigenvalue weighted by atomic mass is 10.1. The van der Waals surface area contributed by atoms with Gasteiger partial charge in [-0.25, -0.2) is 8.42 Å². The van der Waals surface area contributed by atoms with Crippen molar-refractivity contribution >= 4 is 10.0 Å². The number of likely N-dealkylation sites (N-methyl/N-ethyl adjacent to an activating group) is 1. The standard InChI is InChI=1S/C16H26N2O2S/c1-3-15-9-5-6-10-16(15)21(19,20)17(2)13-14-18-11-7-4-8-12-18/h5-6,9-10H,3-4,7-8,11-14H2,1-2H3. The van der Waals surface area contributed by atoms with Gasteiger partial charge in [-0.05, 0) is 44.0 Å². The smallest absolute Gasteiger partial charge is 0.243 e. The Kier molecular flexibility index (Phi) is 5.79. The van der Waals surface area contributed by atoms with Gasteiger partial charge in [0.1, 0.15) is 0 Å². The SMILES string of the molecule is CCc1ccccc1S(=O)(=O)N(C)CCN1CCCCC1. The van der Waals surface area contributed by atoms with Crippen molar-refractivity contribution in [1.29, 1.82) is 0 Å². The lowest BCUT2D eigenvalue weighted by molar-refractivity contribution is 0.218. The number of sulfonamides is 1. The fraction of sp³-hybridized carbons (Fsp3) is 0.625. The predicted molar refractivity (Wildman–Crippen MR) is 85.9 cm³/mol. The molecule has 21 heavy (non-hydrogen) atoms. The highest BCUT2D eigenvalue weighted by Crippen LogP contribution is 2.19. The molecular weight excluding hydrogens is 284 g/mol. The fourth-order valence-electron chi connectivity index (χ4n) is 2.80. The van der Waals surface area contributed by atoms with Crippen LogP contribution in [-0.4, -0.2) is 50.8 Å². The molecule has 118 valence electrons. The molecular formula is C16H26N2O2S. The van der Waals surface area contributed by atoms with Gasteiger partial charge in [-0.2, -0.15) is 4.31 Å². The van der Waals surface area contributed by atoms with Crippen molar-refractivity contribution in [2.75, 3.05) is 33.2 Å². The van der Waals surface area contributed by atoms with Crippen molar-refractivity contribution in [3.05, 3.63) is 29.8 Å². The summed E-state index contributed by atoms with van der Waals surface area (Å²) in [7, 11) is -1.69. The molecule has 1 aliphatic rings. The number of likely N-dealkylation sites (tertiary alicyclic amines) is 1. The quantitative estimate of drug-likeness (QED) is 0.810. The summed E-state index contributed by atoms with van der Waals surface area (Å²) < 4.78 is 26.9. The molecule has 2 rings (SSSR count). The van der Waals surface area contributed by atoms with Gasteiger partial charge in [0.2, 0.25) is 10.0 Å². The molecule has 0 unspecified atom stereocenters. The van der Waals surface area contributed by atoms with Gasteiger partial charge in [0.15, 0.2) is 0 Å². The third-order valence-electron chi connectivity index (χ3n) is 4.22. The van der Waals surface area contributed by atoms with E-state index in [9.17, 15) is 8.42 Å². The van der Waals surface area contributed by atoms with E-state index in [0.717, 1.165) is 31.6 Å². The largest absolute Gasteiger partial charge is 0.302 e. The molecule has 0 amide bonds. The monoisotopic (exact) mass is 310 g/mol. The van der Waals surface area contributed by atoms with E-state index in [1.807, 2.05) is 19.1 Å². The molecule has 1 aliphatic heterocycles. The Labute approximate surface area is 128 Å². The third kappa shape index (κ3) is 4.05. The summed E-state index contributed by atoms with van der Waals surface area (Å²) in [6.07, 6.45) is 4.49. The average molecular weight is 310 g/mol. The van der Waals surface area contributed by atoms with Gasteiger partial charge in [0.25, 0.3) is 0 Å². The molecule has 0 aliphatic carbocycles. The molecule has 0 spiro atoms. The van der Waals surface area contributed by atoms with Gasteiger partial charge >= 0.3 is 0 Å². The zero-order chi connectivity index (χ0) is 15.3. The summed E-state index contributed by atoms with van der Waals surface area (Å²) >= 11 is 0. The minimum atomic E-state index is -3.38. The maximum Gasteiger partial charge on any atom is 0.243 e. The van der Waals surface area contributed by atoms with Crippen LogP contribution in [0.3, 0.4) is 0 Å². The molecule has 1 aromatic rings.